The van der Waals surface area contributed by atoms with Crippen molar-refractivity contribution in [2.24, 2.45) is 17.6 Å². The summed E-state index contributed by atoms with van der Waals surface area (Å²) in [6.07, 6.45) is 6.08. The molecule has 0 saturated heterocycles. The zero-order valence-corrected chi connectivity index (χ0v) is 11.5. The first-order chi connectivity index (χ1) is 9.20. The molecule has 2 N–H and O–H groups in total. The molecule has 0 fully saturated rings. The molecule has 0 radical (unpaired) electrons. The van der Waals surface area contributed by atoms with Gasteiger partial charge in [-0.05, 0) is 37.3 Å². The van der Waals surface area contributed by atoms with E-state index >= 15 is 0 Å². The van der Waals surface area contributed by atoms with E-state index in [2.05, 4.69) is 24.0 Å². The average Bonchev–Trinajstić information content (AvgIpc) is 3.04. The summed E-state index contributed by atoms with van der Waals surface area (Å²) in [5.74, 6) is 2.50. The molecule has 0 aliphatic heterocycles. The van der Waals surface area contributed by atoms with Gasteiger partial charge >= 0.3 is 0 Å². The highest BCUT2D eigenvalue weighted by Crippen LogP contribution is 2.22. The summed E-state index contributed by atoms with van der Waals surface area (Å²) in [6, 6.07) is 1.82. The normalized spacial score (nSPS) is 13.1. The maximum absolute atomic E-state index is 5.64. The van der Waals surface area contributed by atoms with E-state index in [9.17, 15) is 0 Å². The Kier molecular flexibility index (Phi) is 4.74. The minimum absolute atomic E-state index is 0.587. The van der Waals surface area contributed by atoms with Crippen molar-refractivity contribution in [1.82, 2.24) is 10.1 Å². The van der Waals surface area contributed by atoms with Crippen molar-refractivity contribution >= 4 is 0 Å². The van der Waals surface area contributed by atoms with Gasteiger partial charge in [-0.2, -0.15) is 4.98 Å². The number of furan rings is 1. The van der Waals surface area contributed by atoms with Crippen molar-refractivity contribution in [1.29, 1.82) is 0 Å². The van der Waals surface area contributed by atoms with Crippen LogP contribution in [0.5, 0.6) is 0 Å². The highest BCUT2D eigenvalue weighted by atomic mass is 16.5. The Morgan fingerprint density at radius 2 is 2.16 bits per heavy atom. The van der Waals surface area contributed by atoms with Crippen molar-refractivity contribution < 1.29 is 8.94 Å². The van der Waals surface area contributed by atoms with Gasteiger partial charge in [0.05, 0.1) is 11.8 Å². The van der Waals surface area contributed by atoms with E-state index in [-0.39, 0.29) is 0 Å². The number of hydrogen-bond acceptors (Lipinski definition) is 5. The summed E-state index contributed by atoms with van der Waals surface area (Å²) in [5, 5.41) is 3.96. The molecular formula is C14H21N3O2. The lowest BCUT2D eigenvalue weighted by molar-refractivity contribution is 0.313. The van der Waals surface area contributed by atoms with E-state index in [1.165, 1.54) is 0 Å². The molecule has 0 spiro atoms. The maximum atomic E-state index is 5.64. The zero-order valence-electron chi connectivity index (χ0n) is 11.5. The minimum Gasteiger partial charge on any atom is -0.472 e. The molecule has 2 rings (SSSR count). The third-order valence-electron chi connectivity index (χ3n) is 3.46. The molecule has 5 nitrogen and oxygen atoms in total. The number of hydrogen-bond donors (Lipinski definition) is 1. The molecule has 2 aromatic heterocycles. The van der Waals surface area contributed by atoms with Gasteiger partial charge in [-0.15, -0.1) is 0 Å². The summed E-state index contributed by atoms with van der Waals surface area (Å²) < 4.78 is 10.3. The summed E-state index contributed by atoms with van der Waals surface area (Å²) in [7, 11) is 0. The van der Waals surface area contributed by atoms with Gasteiger partial charge in [-0.25, -0.2) is 0 Å². The lowest BCUT2D eigenvalue weighted by atomic mass is 9.88. The fraction of sp³-hybridized carbons (Fsp3) is 0.571. The quantitative estimate of drug-likeness (QED) is 0.831. The van der Waals surface area contributed by atoms with E-state index in [0.29, 0.717) is 23.6 Å². The van der Waals surface area contributed by atoms with Crippen LogP contribution in [0.4, 0.5) is 0 Å². The van der Waals surface area contributed by atoms with Crippen molar-refractivity contribution in [3.05, 3.63) is 24.5 Å². The summed E-state index contributed by atoms with van der Waals surface area (Å²) in [5.41, 5.74) is 6.49. The molecule has 0 bridgehead atoms. The number of aryl methyl sites for hydroxylation is 1. The van der Waals surface area contributed by atoms with Crippen LogP contribution < -0.4 is 5.73 Å². The largest absolute Gasteiger partial charge is 0.472 e. The van der Waals surface area contributed by atoms with Gasteiger partial charge in [0.2, 0.25) is 11.7 Å². The van der Waals surface area contributed by atoms with Crippen LogP contribution in [0.2, 0.25) is 0 Å². The van der Waals surface area contributed by atoms with Gasteiger partial charge in [0.1, 0.15) is 6.26 Å². The first-order valence-electron chi connectivity index (χ1n) is 6.76. The number of nitrogens with zero attached hydrogens (tertiary/aromatic N) is 2. The summed E-state index contributed by atoms with van der Waals surface area (Å²) in [6.45, 7) is 5.18. The third kappa shape index (κ3) is 3.67. The highest BCUT2D eigenvalue weighted by molar-refractivity contribution is 5.51. The summed E-state index contributed by atoms with van der Waals surface area (Å²) >= 11 is 0. The van der Waals surface area contributed by atoms with Gasteiger partial charge in [-0.1, -0.05) is 19.0 Å². The Balaban J connectivity index is 1.93. The third-order valence-corrected chi connectivity index (χ3v) is 3.46. The van der Waals surface area contributed by atoms with Crippen molar-refractivity contribution in [2.75, 3.05) is 6.54 Å². The van der Waals surface area contributed by atoms with E-state index in [0.717, 1.165) is 31.4 Å². The number of nitrogens with two attached hydrogens (primary N) is 1. The molecule has 0 aliphatic carbocycles. The number of rotatable bonds is 7. The van der Waals surface area contributed by atoms with Crippen molar-refractivity contribution in [3.8, 4) is 11.4 Å². The van der Waals surface area contributed by atoms with Crippen LogP contribution in [-0.2, 0) is 6.42 Å². The van der Waals surface area contributed by atoms with Gasteiger partial charge < -0.3 is 14.7 Å². The fourth-order valence-electron chi connectivity index (χ4n) is 2.20. The van der Waals surface area contributed by atoms with Crippen LogP contribution in [0, 0.1) is 11.8 Å². The van der Waals surface area contributed by atoms with Crippen LogP contribution >= 0.6 is 0 Å². The second kappa shape index (κ2) is 6.52. The molecule has 104 valence electrons. The Morgan fingerprint density at radius 1 is 1.32 bits per heavy atom. The van der Waals surface area contributed by atoms with E-state index in [4.69, 9.17) is 14.7 Å². The van der Waals surface area contributed by atoms with Gasteiger partial charge in [-0.3, -0.25) is 0 Å². The predicted octanol–water partition coefficient (Wildman–Crippen LogP) is 2.88. The Labute approximate surface area is 113 Å². The van der Waals surface area contributed by atoms with E-state index in [1.807, 2.05) is 6.07 Å². The lowest BCUT2D eigenvalue weighted by Crippen LogP contribution is -2.15. The summed E-state index contributed by atoms with van der Waals surface area (Å²) in [4.78, 5) is 4.38. The van der Waals surface area contributed by atoms with Crippen LogP contribution in [0.1, 0.15) is 32.6 Å². The maximum Gasteiger partial charge on any atom is 0.226 e. The van der Waals surface area contributed by atoms with Crippen molar-refractivity contribution in [3.63, 3.8) is 0 Å². The zero-order chi connectivity index (χ0) is 13.7. The average molecular weight is 263 g/mol. The number of aromatic nitrogens is 2. The molecule has 2 aromatic rings. The van der Waals surface area contributed by atoms with E-state index < -0.39 is 0 Å². The van der Waals surface area contributed by atoms with E-state index in [1.54, 1.807) is 12.5 Å². The minimum atomic E-state index is 0.587. The van der Waals surface area contributed by atoms with Crippen LogP contribution in [0.25, 0.3) is 11.4 Å². The first-order valence-corrected chi connectivity index (χ1v) is 6.76. The van der Waals surface area contributed by atoms with Gasteiger partial charge in [0, 0.05) is 6.42 Å². The first kappa shape index (κ1) is 13.8. The van der Waals surface area contributed by atoms with Crippen LogP contribution in [-0.4, -0.2) is 16.7 Å². The highest BCUT2D eigenvalue weighted by Gasteiger charge is 2.15. The Bertz CT molecular complexity index is 477. The lowest BCUT2D eigenvalue weighted by Gasteiger charge is -2.18. The molecule has 5 heteroatoms. The molecule has 0 aromatic carbocycles. The predicted molar refractivity (Wildman–Crippen MR) is 72.3 cm³/mol. The molecule has 2 heterocycles. The molecule has 1 unspecified atom stereocenters. The molecule has 0 aliphatic rings. The van der Waals surface area contributed by atoms with Crippen LogP contribution in [0.3, 0.4) is 0 Å². The molecule has 0 amide bonds. The smallest absolute Gasteiger partial charge is 0.226 e. The Hall–Kier alpha value is -1.62. The molecule has 19 heavy (non-hydrogen) atoms. The monoisotopic (exact) mass is 263 g/mol. The van der Waals surface area contributed by atoms with Gasteiger partial charge in [0.15, 0.2) is 0 Å². The topological polar surface area (TPSA) is 78.1 Å². The van der Waals surface area contributed by atoms with Crippen LogP contribution in [0.15, 0.2) is 27.5 Å². The standard InChI is InChI=1S/C14H21N3O2/c1-10(2)11(5-7-15)3-4-13-16-14(17-19-13)12-6-8-18-9-12/h6,8-11H,3-5,7,15H2,1-2H3. The second-order valence-corrected chi connectivity index (χ2v) is 5.14. The molecular weight excluding hydrogens is 242 g/mol. The van der Waals surface area contributed by atoms with Gasteiger partial charge in [0.25, 0.3) is 0 Å². The second-order valence-electron chi connectivity index (χ2n) is 5.14. The van der Waals surface area contributed by atoms with Crippen molar-refractivity contribution in [2.45, 2.75) is 33.1 Å². The Morgan fingerprint density at radius 3 is 2.79 bits per heavy atom. The fourth-order valence-corrected chi connectivity index (χ4v) is 2.20. The SMILES string of the molecule is CC(C)C(CCN)CCc1nc(-c2ccoc2)no1. The molecule has 1 atom stereocenters. The molecule has 0 saturated carbocycles.